The summed E-state index contributed by atoms with van der Waals surface area (Å²) in [6, 6.07) is 15.7. The first-order valence-electron chi connectivity index (χ1n) is 8.50. The molecular weight excluding hydrogens is 444 g/mol. The highest BCUT2D eigenvalue weighted by atomic mass is 35.5. The molecule has 2 nitrogen and oxygen atoms in total. The standard InChI is InChI=1S/C21H12Cl3F3N2/c22-15-5-1-12(2-6-15)11-29-19-10-14(21(25,26)27)4-7-16(19)20(28-29)13-3-8-17(23)18(24)9-13/h1-10H,11H2. The van der Waals surface area contributed by atoms with Crippen LogP contribution in [-0.4, -0.2) is 9.78 Å². The van der Waals surface area contributed by atoms with Gasteiger partial charge in [0.2, 0.25) is 0 Å². The lowest BCUT2D eigenvalue weighted by Crippen LogP contribution is -2.06. The predicted molar refractivity (Wildman–Crippen MR) is 111 cm³/mol. The van der Waals surface area contributed by atoms with E-state index in [1.54, 1.807) is 35.0 Å². The van der Waals surface area contributed by atoms with Crippen LogP contribution >= 0.6 is 34.8 Å². The third-order valence-corrected chi connectivity index (χ3v) is 5.51. The molecule has 4 rings (SSSR count). The van der Waals surface area contributed by atoms with E-state index in [0.29, 0.717) is 37.2 Å². The number of alkyl halides is 3. The van der Waals surface area contributed by atoms with Crippen LogP contribution < -0.4 is 0 Å². The zero-order valence-electron chi connectivity index (χ0n) is 14.6. The molecule has 0 amide bonds. The van der Waals surface area contributed by atoms with Gasteiger partial charge >= 0.3 is 6.18 Å². The number of fused-ring (bicyclic) bond motifs is 1. The van der Waals surface area contributed by atoms with Gasteiger partial charge in [0.1, 0.15) is 5.69 Å². The SMILES string of the molecule is FC(F)(F)c1ccc2c(-c3ccc(Cl)c(Cl)c3)nn(Cc3ccc(Cl)cc3)c2c1. The molecule has 0 fully saturated rings. The van der Waals surface area contributed by atoms with E-state index in [9.17, 15) is 13.2 Å². The van der Waals surface area contributed by atoms with E-state index in [1.807, 2.05) is 12.1 Å². The molecule has 4 aromatic rings. The predicted octanol–water partition coefficient (Wildman–Crippen LogP) is 7.73. The van der Waals surface area contributed by atoms with Crippen molar-refractivity contribution in [2.24, 2.45) is 0 Å². The maximum Gasteiger partial charge on any atom is 0.416 e. The topological polar surface area (TPSA) is 17.8 Å². The minimum absolute atomic E-state index is 0.288. The summed E-state index contributed by atoms with van der Waals surface area (Å²) in [7, 11) is 0. The monoisotopic (exact) mass is 454 g/mol. The van der Waals surface area contributed by atoms with E-state index >= 15 is 0 Å². The summed E-state index contributed by atoms with van der Waals surface area (Å²) in [5, 5.41) is 6.49. The summed E-state index contributed by atoms with van der Waals surface area (Å²) in [5.41, 5.74) is 1.69. The Bertz CT molecular complexity index is 1200. The highest BCUT2D eigenvalue weighted by molar-refractivity contribution is 6.42. The van der Waals surface area contributed by atoms with Crippen LogP contribution in [0, 0.1) is 0 Å². The highest BCUT2D eigenvalue weighted by Crippen LogP contribution is 2.36. The fourth-order valence-electron chi connectivity index (χ4n) is 3.09. The third kappa shape index (κ3) is 4.08. The van der Waals surface area contributed by atoms with Crippen molar-refractivity contribution in [1.29, 1.82) is 0 Å². The number of hydrogen-bond acceptors (Lipinski definition) is 1. The molecule has 0 spiro atoms. The summed E-state index contributed by atoms with van der Waals surface area (Å²) in [6.45, 7) is 0.288. The smallest absolute Gasteiger partial charge is 0.260 e. The second-order valence-corrected chi connectivity index (χ2v) is 7.74. The lowest BCUT2D eigenvalue weighted by atomic mass is 10.1. The normalized spacial score (nSPS) is 11.9. The minimum Gasteiger partial charge on any atom is -0.260 e. The molecular formula is C21H12Cl3F3N2. The van der Waals surface area contributed by atoms with Gasteiger partial charge in [-0.1, -0.05) is 53.0 Å². The first-order valence-corrected chi connectivity index (χ1v) is 9.63. The van der Waals surface area contributed by atoms with Crippen molar-refractivity contribution in [3.8, 4) is 11.3 Å². The van der Waals surface area contributed by atoms with Crippen molar-refractivity contribution >= 4 is 45.7 Å². The van der Waals surface area contributed by atoms with Gasteiger partial charge < -0.3 is 0 Å². The third-order valence-electron chi connectivity index (χ3n) is 4.52. The van der Waals surface area contributed by atoms with Gasteiger partial charge in [-0.3, -0.25) is 4.68 Å². The average Bonchev–Trinajstić information content (AvgIpc) is 3.03. The molecule has 29 heavy (non-hydrogen) atoms. The molecule has 0 aliphatic heterocycles. The van der Waals surface area contributed by atoms with E-state index in [4.69, 9.17) is 34.8 Å². The molecule has 0 radical (unpaired) electrons. The number of nitrogens with zero attached hydrogens (tertiary/aromatic N) is 2. The molecule has 0 unspecified atom stereocenters. The zero-order valence-corrected chi connectivity index (χ0v) is 16.9. The Kier molecular flexibility index (Phi) is 5.23. The number of hydrogen-bond donors (Lipinski definition) is 0. The molecule has 0 saturated heterocycles. The van der Waals surface area contributed by atoms with Gasteiger partial charge in [-0.05, 0) is 48.0 Å². The first-order chi connectivity index (χ1) is 13.7. The largest absolute Gasteiger partial charge is 0.416 e. The molecule has 1 heterocycles. The summed E-state index contributed by atoms with van der Waals surface area (Å²) < 4.78 is 41.4. The first kappa shape index (κ1) is 20.1. The Morgan fingerprint density at radius 1 is 0.828 bits per heavy atom. The van der Waals surface area contributed by atoms with Crippen LogP contribution in [0.5, 0.6) is 0 Å². The molecule has 3 aromatic carbocycles. The molecule has 1 aromatic heterocycles. The van der Waals surface area contributed by atoms with Gasteiger partial charge in [-0.15, -0.1) is 0 Å². The highest BCUT2D eigenvalue weighted by Gasteiger charge is 2.31. The molecule has 0 aliphatic rings. The Balaban J connectivity index is 1.90. The summed E-state index contributed by atoms with van der Waals surface area (Å²) in [5.74, 6) is 0. The number of aromatic nitrogens is 2. The van der Waals surface area contributed by atoms with Crippen LogP contribution in [0.4, 0.5) is 13.2 Å². The maximum atomic E-state index is 13.3. The van der Waals surface area contributed by atoms with Crippen LogP contribution in [0.15, 0.2) is 60.7 Å². The van der Waals surface area contributed by atoms with Crippen LogP contribution in [0.25, 0.3) is 22.2 Å². The van der Waals surface area contributed by atoms with E-state index < -0.39 is 11.7 Å². The van der Waals surface area contributed by atoms with E-state index in [-0.39, 0.29) is 6.54 Å². The molecule has 0 saturated carbocycles. The Labute approximate surface area is 179 Å². The quantitative estimate of drug-likeness (QED) is 0.309. The van der Waals surface area contributed by atoms with Gasteiger partial charge in [0.05, 0.1) is 27.7 Å². The lowest BCUT2D eigenvalue weighted by Gasteiger charge is -2.08. The summed E-state index contributed by atoms with van der Waals surface area (Å²) in [4.78, 5) is 0. The van der Waals surface area contributed by atoms with Gasteiger partial charge in [0.25, 0.3) is 0 Å². The van der Waals surface area contributed by atoms with Crippen molar-refractivity contribution in [3.05, 3.63) is 86.9 Å². The van der Waals surface area contributed by atoms with Crippen molar-refractivity contribution in [2.75, 3.05) is 0 Å². The summed E-state index contributed by atoms with van der Waals surface area (Å²) in [6.07, 6.45) is -4.45. The van der Waals surface area contributed by atoms with Gasteiger partial charge in [-0.25, -0.2) is 0 Å². The lowest BCUT2D eigenvalue weighted by molar-refractivity contribution is -0.137. The van der Waals surface area contributed by atoms with Crippen molar-refractivity contribution in [3.63, 3.8) is 0 Å². The van der Waals surface area contributed by atoms with E-state index in [1.165, 1.54) is 6.07 Å². The molecule has 0 atom stereocenters. The van der Waals surface area contributed by atoms with E-state index in [2.05, 4.69) is 5.10 Å². The van der Waals surface area contributed by atoms with Crippen LogP contribution in [0.3, 0.4) is 0 Å². The molecule has 8 heteroatoms. The molecule has 148 valence electrons. The molecule has 0 aliphatic carbocycles. The number of benzene rings is 3. The Hall–Kier alpha value is -2.21. The average molecular weight is 456 g/mol. The van der Waals surface area contributed by atoms with Crippen LogP contribution in [-0.2, 0) is 12.7 Å². The van der Waals surface area contributed by atoms with Gasteiger partial charge in [0.15, 0.2) is 0 Å². The van der Waals surface area contributed by atoms with Crippen LogP contribution in [0.2, 0.25) is 15.1 Å². The number of halogens is 6. The minimum atomic E-state index is -4.45. The van der Waals surface area contributed by atoms with Gasteiger partial charge in [-0.2, -0.15) is 18.3 Å². The van der Waals surface area contributed by atoms with Crippen molar-refractivity contribution in [2.45, 2.75) is 12.7 Å². The Morgan fingerprint density at radius 2 is 1.55 bits per heavy atom. The zero-order chi connectivity index (χ0) is 20.8. The molecule has 0 N–H and O–H groups in total. The number of rotatable bonds is 3. The van der Waals surface area contributed by atoms with Gasteiger partial charge in [0, 0.05) is 16.0 Å². The second-order valence-electron chi connectivity index (χ2n) is 6.49. The van der Waals surface area contributed by atoms with Crippen molar-refractivity contribution in [1.82, 2.24) is 9.78 Å². The molecule has 0 bridgehead atoms. The van der Waals surface area contributed by atoms with Crippen molar-refractivity contribution < 1.29 is 13.2 Å². The Morgan fingerprint density at radius 3 is 2.21 bits per heavy atom. The maximum absolute atomic E-state index is 13.3. The second kappa shape index (κ2) is 7.56. The van der Waals surface area contributed by atoms with E-state index in [0.717, 1.165) is 17.7 Å². The van der Waals surface area contributed by atoms with Crippen LogP contribution in [0.1, 0.15) is 11.1 Å². The fraction of sp³-hybridized carbons (Fsp3) is 0.0952. The summed E-state index contributed by atoms with van der Waals surface area (Å²) >= 11 is 18.0. The fourth-order valence-corrected chi connectivity index (χ4v) is 3.51.